The van der Waals surface area contributed by atoms with Crippen molar-refractivity contribution in [1.82, 2.24) is 15.6 Å². The molecule has 3 rings (SSSR count). The van der Waals surface area contributed by atoms with Crippen molar-refractivity contribution in [3.05, 3.63) is 84.2 Å². The average Bonchev–Trinajstić information content (AvgIpc) is 2.78. The largest absolute Gasteiger partial charge is 0.493 e. The summed E-state index contributed by atoms with van der Waals surface area (Å²) in [5.74, 6) is 2.92. The second-order valence-electron chi connectivity index (χ2n) is 6.32. The molecule has 0 amide bonds. The lowest BCUT2D eigenvalue weighted by molar-refractivity contribution is 0.379. The van der Waals surface area contributed by atoms with Gasteiger partial charge in [0.15, 0.2) is 17.5 Å². The van der Waals surface area contributed by atoms with E-state index in [0.717, 1.165) is 35.9 Å². The molecule has 158 valence electrons. The number of nitrogens with zero attached hydrogens (tertiary/aromatic N) is 2. The van der Waals surface area contributed by atoms with Crippen LogP contribution in [0.1, 0.15) is 11.3 Å². The Balaban J connectivity index is 0.00000320. The highest BCUT2D eigenvalue weighted by atomic mass is 127. The predicted molar refractivity (Wildman–Crippen MR) is 131 cm³/mol. The summed E-state index contributed by atoms with van der Waals surface area (Å²) in [7, 11) is 3.40. The van der Waals surface area contributed by atoms with Gasteiger partial charge < -0.3 is 20.1 Å². The van der Waals surface area contributed by atoms with Gasteiger partial charge in [0.25, 0.3) is 0 Å². The van der Waals surface area contributed by atoms with Gasteiger partial charge in [-0.3, -0.25) is 9.98 Å². The van der Waals surface area contributed by atoms with Crippen molar-refractivity contribution in [3.8, 4) is 17.2 Å². The molecule has 6 nitrogen and oxygen atoms in total. The molecule has 30 heavy (non-hydrogen) atoms. The van der Waals surface area contributed by atoms with Crippen LogP contribution in [0.2, 0.25) is 0 Å². The third-order valence-electron chi connectivity index (χ3n) is 4.30. The molecule has 0 aliphatic heterocycles. The van der Waals surface area contributed by atoms with E-state index in [1.807, 2.05) is 72.9 Å². The lowest BCUT2D eigenvalue weighted by Gasteiger charge is -2.13. The minimum absolute atomic E-state index is 0. The zero-order valence-corrected chi connectivity index (χ0v) is 19.5. The second kappa shape index (κ2) is 12.7. The lowest BCUT2D eigenvalue weighted by atomic mass is 10.2. The number of ether oxygens (including phenoxy) is 2. The zero-order valence-electron chi connectivity index (χ0n) is 17.2. The molecule has 0 saturated heterocycles. The van der Waals surface area contributed by atoms with E-state index in [1.54, 1.807) is 14.2 Å². The first kappa shape index (κ1) is 23.5. The molecule has 0 fully saturated rings. The van der Waals surface area contributed by atoms with Gasteiger partial charge in [0.2, 0.25) is 0 Å². The minimum atomic E-state index is 0. The first-order valence-corrected chi connectivity index (χ1v) is 9.52. The van der Waals surface area contributed by atoms with Gasteiger partial charge in [-0.2, -0.15) is 0 Å². The first-order valence-electron chi connectivity index (χ1n) is 9.52. The summed E-state index contributed by atoms with van der Waals surface area (Å²) >= 11 is 0. The highest BCUT2D eigenvalue weighted by molar-refractivity contribution is 14.0. The number of benzene rings is 2. The molecule has 7 heteroatoms. The summed E-state index contributed by atoms with van der Waals surface area (Å²) in [6, 6.07) is 21.5. The number of halogens is 1. The van der Waals surface area contributed by atoms with Crippen LogP contribution in [0.5, 0.6) is 17.2 Å². The smallest absolute Gasteiger partial charge is 0.191 e. The fourth-order valence-corrected chi connectivity index (χ4v) is 2.77. The van der Waals surface area contributed by atoms with Crippen molar-refractivity contribution in [2.45, 2.75) is 13.0 Å². The van der Waals surface area contributed by atoms with Crippen molar-refractivity contribution in [3.63, 3.8) is 0 Å². The highest BCUT2D eigenvalue weighted by Gasteiger charge is 2.05. The van der Waals surface area contributed by atoms with Crippen LogP contribution in [0.25, 0.3) is 0 Å². The van der Waals surface area contributed by atoms with E-state index in [9.17, 15) is 0 Å². The van der Waals surface area contributed by atoms with Gasteiger partial charge in [-0.1, -0.05) is 30.3 Å². The molecule has 1 aromatic heterocycles. The Kier molecular flexibility index (Phi) is 9.93. The number of guanidine groups is 1. The molecule has 0 unspecified atom stereocenters. The van der Waals surface area contributed by atoms with Crippen molar-refractivity contribution < 1.29 is 9.47 Å². The number of para-hydroxylation sites is 2. The fraction of sp³-hybridized carbons (Fsp3) is 0.217. The monoisotopic (exact) mass is 518 g/mol. The van der Waals surface area contributed by atoms with Gasteiger partial charge >= 0.3 is 0 Å². The van der Waals surface area contributed by atoms with Crippen LogP contribution in [0.4, 0.5) is 0 Å². The number of hydrogen-bond donors (Lipinski definition) is 2. The van der Waals surface area contributed by atoms with Crippen LogP contribution in [0.15, 0.2) is 77.9 Å². The maximum absolute atomic E-state index is 5.91. The van der Waals surface area contributed by atoms with Gasteiger partial charge in [-0.25, -0.2) is 0 Å². The standard InChI is InChI=1S/C23H26N4O2.HI/c1-24-23(26-16-14-19-7-5-6-15-25-19)27-17-18-10-12-20(13-11-18)29-22-9-4-3-8-21(22)28-2;/h3-13,15H,14,16-17H2,1-2H3,(H2,24,26,27);1H. The summed E-state index contributed by atoms with van der Waals surface area (Å²) < 4.78 is 11.2. The molecular formula is C23H27IN4O2. The van der Waals surface area contributed by atoms with E-state index in [0.29, 0.717) is 18.0 Å². The van der Waals surface area contributed by atoms with Crippen molar-refractivity contribution in [2.75, 3.05) is 20.7 Å². The fourth-order valence-electron chi connectivity index (χ4n) is 2.77. The van der Waals surface area contributed by atoms with E-state index in [-0.39, 0.29) is 24.0 Å². The van der Waals surface area contributed by atoms with E-state index < -0.39 is 0 Å². The van der Waals surface area contributed by atoms with Crippen LogP contribution in [0.3, 0.4) is 0 Å². The molecule has 0 aliphatic carbocycles. The van der Waals surface area contributed by atoms with E-state index >= 15 is 0 Å². The third kappa shape index (κ3) is 7.22. The van der Waals surface area contributed by atoms with Gasteiger partial charge in [0, 0.05) is 38.4 Å². The molecule has 0 radical (unpaired) electrons. The number of aromatic nitrogens is 1. The Bertz CT molecular complexity index is 918. The molecule has 0 saturated carbocycles. The maximum Gasteiger partial charge on any atom is 0.191 e. The highest BCUT2D eigenvalue weighted by Crippen LogP contribution is 2.30. The number of nitrogens with one attached hydrogen (secondary N) is 2. The Morgan fingerprint density at radius 2 is 1.67 bits per heavy atom. The number of aliphatic imine (C=N–C) groups is 1. The van der Waals surface area contributed by atoms with E-state index in [4.69, 9.17) is 9.47 Å². The SMILES string of the molecule is CN=C(NCCc1ccccn1)NCc1ccc(Oc2ccccc2OC)cc1.I. The Hall–Kier alpha value is -2.81. The topological polar surface area (TPSA) is 67.8 Å². The summed E-state index contributed by atoms with van der Waals surface area (Å²) in [5.41, 5.74) is 2.19. The quantitative estimate of drug-likeness (QED) is 0.263. The number of methoxy groups -OCH3 is 1. The van der Waals surface area contributed by atoms with Crippen LogP contribution in [0, 0.1) is 0 Å². The Morgan fingerprint density at radius 3 is 2.33 bits per heavy atom. The van der Waals surface area contributed by atoms with Crippen molar-refractivity contribution >= 4 is 29.9 Å². The normalized spacial score (nSPS) is 10.7. The van der Waals surface area contributed by atoms with Crippen molar-refractivity contribution in [2.24, 2.45) is 4.99 Å². The van der Waals surface area contributed by atoms with Crippen LogP contribution < -0.4 is 20.1 Å². The predicted octanol–water partition coefficient (Wildman–Crippen LogP) is 4.41. The summed E-state index contributed by atoms with van der Waals surface area (Å²) in [6.07, 6.45) is 2.65. The molecule has 0 atom stereocenters. The minimum Gasteiger partial charge on any atom is -0.493 e. The molecule has 2 aromatic carbocycles. The summed E-state index contributed by atoms with van der Waals surface area (Å²) in [4.78, 5) is 8.59. The second-order valence-corrected chi connectivity index (χ2v) is 6.32. The van der Waals surface area contributed by atoms with Crippen LogP contribution >= 0.6 is 24.0 Å². The molecule has 0 spiro atoms. The Morgan fingerprint density at radius 1 is 0.933 bits per heavy atom. The van der Waals surface area contributed by atoms with Crippen molar-refractivity contribution in [1.29, 1.82) is 0 Å². The van der Waals surface area contributed by atoms with Gasteiger partial charge in [-0.15, -0.1) is 24.0 Å². The maximum atomic E-state index is 5.91. The Labute approximate surface area is 194 Å². The van der Waals surface area contributed by atoms with Crippen LogP contribution in [-0.4, -0.2) is 31.6 Å². The number of rotatable bonds is 8. The molecule has 2 N–H and O–H groups in total. The zero-order chi connectivity index (χ0) is 20.3. The summed E-state index contributed by atoms with van der Waals surface area (Å²) in [6.45, 7) is 1.43. The molecule has 0 aliphatic rings. The van der Waals surface area contributed by atoms with E-state index in [1.165, 1.54) is 0 Å². The molecule has 3 aromatic rings. The molecular weight excluding hydrogens is 491 g/mol. The molecule has 0 bridgehead atoms. The third-order valence-corrected chi connectivity index (χ3v) is 4.30. The molecule has 1 heterocycles. The van der Waals surface area contributed by atoms with Gasteiger partial charge in [0.1, 0.15) is 5.75 Å². The van der Waals surface area contributed by atoms with Gasteiger partial charge in [0.05, 0.1) is 7.11 Å². The van der Waals surface area contributed by atoms with Crippen LogP contribution in [-0.2, 0) is 13.0 Å². The number of hydrogen-bond acceptors (Lipinski definition) is 4. The van der Waals surface area contributed by atoms with Gasteiger partial charge in [-0.05, 0) is 42.0 Å². The first-order chi connectivity index (χ1) is 14.3. The summed E-state index contributed by atoms with van der Waals surface area (Å²) in [5, 5.41) is 6.62. The number of pyridine rings is 1. The van der Waals surface area contributed by atoms with E-state index in [2.05, 4.69) is 20.6 Å². The average molecular weight is 518 g/mol. The lowest BCUT2D eigenvalue weighted by Crippen LogP contribution is -2.37.